The van der Waals surface area contributed by atoms with Crippen molar-refractivity contribution in [3.8, 4) is 16.9 Å². The fourth-order valence-electron chi connectivity index (χ4n) is 3.44. The van der Waals surface area contributed by atoms with Gasteiger partial charge in [-0.25, -0.2) is 4.99 Å². The second-order valence-electron chi connectivity index (χ2n) is 6.58. The van der Waals surface area contributed by atoms with Crippen LogP contribution in [0.15, 0.2) is 71.7 Å². The predicted molar refractivity (Wildman–Crippen MR) is 111 cm³/mol. The van der Waals surface area contributed by atoms with Crippen molar-refractivity contribution in [2.45, 2.75) is 6.92 Å². The number of rotatable bonds is 3. The van der Waals surface area contributed by atoms with Crippen LogP contribution in [0, 0.1) is 0 Å². The van der Waals surface area contributed by atoms with Crippen LogP contribution in [0.4, 0.5) is 0 Å². The number of carbonyl (C=O) groups excluding carboxylic acids is 1. The van der Waals surface area contributed by atoms with Gasteiger partial charge < -0.3 is 9.84 Å². The van der Waals surface area contributed by atoms with E-state index in [4.69, 9.17) is 4.74 Å². The maximum atomic E-state index is 11.6. The molecule has 0 aliphatic heterocycles. The molecule has 0 unspecified atom stereocenters. The molecule has 138 valence electrons. The Hall–Kier alpha value is -3.66. The summed E-state index contributed by atoms with van der Waals surface area (Å²) in [7, 11) is 1.62. The van der Waals surface area contributed by atoms with Gasteiger partial charge >= 0.3 is 0 Å². The zero-order valence-corrected chi connectivity index (χ0v) is 15.6. The van der Waals surface area contributed by atoms with E-state index in [0.29, 0.717) is 10.6 Å². The van der Waals surface area contributed by atoms with E-state index in [9.17, 15) is 9.90 Å². The van der Waals surface area contributed by atoms with E-state index in [0.717, 1.165) is 33.2 Å². The number of benzene rings is 3. The molecule has 1 N–H and O–H groups in total. The summed E-state index contributed by atoms with van der Waals surface area (Å²) in [6.07, 6.45) is 3.49. The van der Waals surface area contributed by atoms with Gasteiger partial charge in [-0.1, -0.05) is 42.5 Å². The molecule has 2 aliphatic rings. The Labute approximate surface area is 162 Å². The largest absolute Gasteiger partial charge is 0.507 e. The average Bonchev–Trinajstić information content (AvgIpc) is 3.12. The van der Waals surface area contributed by atoms with Crippen LogP contribution in [0.2, 0.25) is 0 Å². The van der Waals surface area contributed by atoms with Crippen LogP contribution in [0.3, 0.4) is 0 Å². The Kier molecular flexibility index (Phi) is 4.53. The second kappa shape index (κ2) is 7.16. The molecule has 4 rings (SSSR count). The van der Waals surface area contributed by atoms with E-state index in [1.807, 2.05) is 66.7 Å². The lowest BCUT2D eigenvalue weighted by Gasteiger charge is -2.07. The molecule has 4 heteroatoms. The van der Waals surface area contributed by atoms with Crippen molar-refractivity contribution < 1.29 is 14.6 Å². The number of aliphatic hydroxyl groups is 1. The Morgan fingerprint density at radius 1 is 1.00 bits per heavy atom. The summed E-state index contributed by atoms with van der Waals surface area (Å²) in [4.78, 5) is 15.8. The molecule has 0 saturated carbocycles. The lowest BCUT2D eigenvalue weighted by molar-refractivity contribution is -0.116. The third kappa shape index (κ3) is 3.21. The molecule has 0 aromatic heterocycles. The van der Waals surface area contributed by atoms with Crippen LogP contribution in [-0.2, 0) is 4.79 Å². The molecule has 0 heterocycles. The fourth-order valence-corrected chi connectivity index (χ4v) is 3.44. The number of carbonyl (C=O) groups is 1. The number of amides is 1. The van der Waals surface area contributed by atoms with Gasteiger partial charge in [0.25, 0.3) is 0 Å². The van der Waals surface area contributed by atoms with Crippen molar-refractivity contribution in [1.29, 1.82) is 0 Å². The first kappa shape index (κ1) is 17.7. The summed E-state index contributed by atoms with van der Waals surface area (Å²) < 4.78 is 5.16. The predicted octanol–water partition coefficient (Wildman–Crippen LogP) is 3.94. The standard InChI is InChI=1S/C24H19NO3/c1-15(26)25-21-13-9-18-7-6-17-8-12-20(24(21)23(17)18)22(27)14-5-16-3-10-19(28-2)11-4-16/h3-14,27H,1-2H3/b14-5+,22-20-,25-21?. The first-order chi connectivity index (χ1) is 13.6. The summed E-state index contributed by atoms with van der Waals surface area (Å²) in [5.41, 5.74) is 3.00. The smallest absolute Gasteiger partial charge is 0.243 e. The van der Waals surface area contributed by atoms with E-state index >= 15 is 0 Å². The van der Waals surface area contributed by atoms with Crippen LogP contribution in [-0.4, -0.2) is 18.1 Å². The van der Waals surface area contributed by atoms with Crippen LogP contribution in [0.5, 0.6) is 5.75 Å². The highest BCUT2D eigenvalue weighted by molar-refractivity contribution is 6.00. The molecule has 4 nitrogen and oxygen atoms in total. The van der Waals surface area contributed by atoms with E-state index in [1.54, 1.807) is 13.2 Å². The molecular formula is C24H19NO3. The van der Waals surface area contributed by atoms with Crippen LogP contribution in [0.25, 0.3) is 33.7 Å². The van der Waals surface area contributed by atoms with Gasteiger partial charge in [0.15, 0.2) is 0 Å². The van der Waals surface area contributed by atoms with E-state index in [2.05, 4.69) is 4.99 Å². The van der Waals surface area contributed by atoms with Crippen LogP contribution >= 0.6 is 0 Å². The lowest BCUT2D eigenvalue weighted by Crippen LogP contribution is -2.18. The number of methoxy groups -OCH3 is 1. The molecule has 2 aromatic rings. The average molecular weight is 369 g/mol. The molecule has 0 saturated heterocycles. The normalized spacial score (nSPS) is 13.6. The zero-order chi connectivity index (χ0) is 19.7. The third-order valence-electron chi connectivity index (χ3n) is 4.75. The molecule has 0 fully saturated rings. The van der Waals surface area contributed by atoms with Gasteiger partial charge in [0, 0.05) is 17.5 Å². The minimum Gasteiger partial charge on any atom is -0.507 e. The summed E-state index contributed by atoms with van der Waals surface area (Å²) in [5.74, 6) is 0.623. The van der Waals surface area contributed by atoms with Gasteiger partial charge in [0.2, 0.25) is 5.91 Å². The quantitative estimate of drug-likeness (QED) is 0.595. The minimum absolute atomic E-state index is 0.117. The van der Waals surface area contributed by atoms with Crippen LogP contribution < -0.4 is 15.3 Å². The molecular weight excluding hydrogens is 350 g/mol. The van der Waals surface area contributed by atoms with Gasteiger partial charge in [0.05, 0.1) is 12.5 Å². The third-order valence-corrected chi connectivity index (χ3v) is 4.75. The first-order valence-corrected chi connectivity index (χ1v) is 8.95. The monoisotopic (exact) mass is 369 g/mol. The van der Waals surface area contributed by atoms with Gasteiger partial charge in [-0.05, 0) is 52.4 Å². The summed E-state index contributed by atoms with van der Waals surface area (Å²) in [5, 5.41) is 13.9. The maximum Gasteiger partial charge on any atom is 0.243 e. The maximum absolute atomic E-state index is 11.6. The molecule has 2 aromatic carbocycles. The summed E-state index contributed by atoms with van der Waals surface area (Å²) in [6, 6.07) is 19.2. The van der Waals surface area contributed by atoms with E-state index < -0.39 is 0 Å². The van der Waals surface area contributed by atoms with Gasteiger partial charge in [0.1, 0.15) is 11.5 Å². The number of aliphatic hydroxyl groups excluding tert-OH is 1. The summed E-state index contributed by atoms with van der Waals surface area (Å²) in [6.45, 7) is 1.42. The second-order valence-corrected chi connectivity index (χ2v) is 6.58. The molecule has 0 spiro atoms. The molecule has 1 amide bonds. The van der Waals surface area contributed by atoms with Crippen molar-refractivity contribution in [3.63, 3.8) is 0 Å². The van der Waals surface area contributed by atoms with Crippen LogP contribution in [0.1, 0.15) is 12.5 Å². The van der Waals surface area contributed by atoms with E-state index in [-0.39, 0.29) is 11.7 Å². The van der Waals surface area contributed by atoms with Crippen molar-refractivity contribution in [3.05, 3.63) is 82.9 Å². The molecule has 0 atom stereocenters. The number of ether oxygens (including phenoxy) is 1. The molecule has 28 heavy (non-hydrogen) atoms. The van der Waals surface area contributed by atoms with Gasteiger partial charge in [-0.3, -0.25) is 4.79 Å². The van der Waals surface area contributed by atoms with E-state index in [1.165, 1.54) is 6.92 Å². The Morgan fingerprint density at radius 3 is 2.43 bits per heavy atom. The molecule has 0 radical (unpaired) electrons. The minimum atomic E-state index is -0.272. The zero-order valence-electron chi connectivity index (χ0n) is 15.6. The molecule has 0 bridgehead atoms. The highest BCUT2D eigenvalue weighted by atomic mass is 16.5. The van der Waals surface area contributed by atoms with Gasteiger partial charge in [-0.2, -0.15) is 0 Å². The van der Waals surface area contributed by atoms with Gasteiger partial charge in [-0.15, -0.1) is 0 Å². The molecule has 2 aliphatic carbocycles. The Balaban J connectivity index is 1.93. The van der Waals surface area contributed by atoms with Crippen molar-refractivity contribution in [2.75, 3.05) is 7.11 Å². The number of hydrogen-bond donors (Lipinski definition) is 1. The van der Waals surface area contributed by atoms with Crippen molar-refractivity contribution in [1.82, 2.24) is 0 Å². The van der Waals surface area contributed by atoms with Crippen molar-refractivity contribution >= 4 is 28.5 Å². The number of hydrogen-bond acceptors (Lipinski definition) is 3. The Bertz CT molecular complexity index is 1270. The lowest BCUT2D eigenvalue weighted by atomic mass is 9.98. The first-order valence-electron chi connectivity index (χ1n) is 8.95. The van der Waals surface area contributed by atoms with Crippen molar-refractivity contribution in [2.24, 2.45) is 4.99 Å². The fraction of sp³-hybridized carbons (Fsp3) is 0.0833. The summed E-state index contributed by atoms with van der Waals surface area (Å²) >= 11 is 0. The topological polar surface area (TPSA) is 58.9 Å². The number of nitrogens with zero attached hydrogens (tertiary/aromatic N) is 1. The highest BCUT2D eigenvalue weighted by Crippen LogP contribution is 2.30. The highest BCUT2D eigenvalue weighted by Gasteiger charge is 2.13. The SMILES string of the molecule is COc1ccc(/C=C/C(O)=c2\ccc3ccc4ccc(=NC(C)=O)c2c3-4)cc1. The Morgan fingerprint density at radius 2 is 1.71 bits per heavy atom.